The summed E-state index contributed by atoms with van der Waals surface area (Å²) in [5, 5.41) is 0. The van der Waals surface area contributed by atoms with Crippen molar-refractivity contribution < 1.29 is 0 Å². The van der Waals surface area contributed by atoms with E-state index < -0.39 is 0 Å². The molecular weight excluding hydrogens is 200 g/mol. The van der Waals surface area contributed by atoms with E-state index in [0.717, 1.165) is 11.1 Å². The number of aryl methyl sites for hydroxylation is 2. The third-order valence-electron chi connectivity index (χ3n) is 2.60. The molecule has 0 spiro atoms. The van der Waals surface area contributed by atoms with Crippen molar-refractivity contribution in [3.05, 3.63) is 52.4 Å². The van der Waals surface area contributed by atoms with Gasteiger partial charge in [-0.3, -0.25) is 4.79 Å². The number of nitrogens with zero attached hydrogens (tertiary/aromatic N) is 1. The molecule has 0 aliphatic heterocycles. The Morgan fingerprint density at radius 1 is 1.12 bits per heavy atom. The highest BCUT2D eigenvalue weighted by atomic mass is 16.1. The minimum absolute atomic E-state index is 0.157. The maximum absolute atomic E-state index is 11.4. The van der Waals surface area contributed by atoms with E-state index >= 15 is 0 Å². The zero-order valence-corrected chi connectivity index (χ0v) is 9.40. The second kappa shape index (κ2) is 3.85. The number of benzene rings is 1. The molecule has 2 N–H and O–H groups in total. The van der Waals surface area contributed by atoms with Crippen LogP contribution in [0.5, 0.6) is 0 Å². The standard InChI is InChI=1S/C13H14N2O/c1-9-3-5-10(6-4-9)11-7-12(14)13(16)15(2)8-11/h3-8H,14H2,1-2H3. The summed E-state index contributed by atoms with van der Waals surface area (Å²) in [6, 6.07) is 9.84. The Morgan fingerprint density at radius 3 is 2.31 bits per heavy atom. The zero-order chi connectivity index (χ0) is 11.7. The molecule has 2 rings (SSSR count). The summed E-state index contributed by atoms with van der Waals surface area (Å²) in [4.78, 5) is 11.4. The van der Waals surface area contributed by atoms with Crippen molar-refractivity contribution in [2.24, 2.45) is 7.05 Å². The molecule has 0 unspecified atom stereocenters. The van der Waals surface area contributed by atoms with E-state index in [0.29, 0.717) is 0 Å². The summed E-state index contributed by atoms with van der Waals surface area (Å²) in [7, 11) is 1.70. The number of rotatable bonds is 1. The molecule has 2 aromatic rings. The SMILES string of the molecule is Cc1ccc(-c2cc(N)c(=O)n(C)c2)cc1. The fraction of sp³-hybridized carbons (Fsp3) is 0.154. The Bertz CT molecular complexity index is 541. The van der Waals surface area contributed by atoms with Crippen molar-refractivity contribution in [1.29, 1.82) is 0 Å². The van der Waals surface area contributed by atoms with E-state index in [1.165, 1.54) is 10.1 Å². The minimum atomic E-state index is -0.157. The third kappa shape index (κ3) is 1.84. The summed E-state index contributed by atoms with van der Waals surface area (Å²) in [6.45, 7) is 2.04. The predicted molar refractivity (Wildman–Crippen MR) is 66.3 cm³/mol. The molecule has 16 heavy (non-hydrogen) atoms. The lowest BCUT2D eigenvalue weighted by Gasteiger charge is -2.06. The van der Waals surface area contributed by atoms with Crippen LogP contribution in [0.25, 0.3) is 11.1 Å². The monoisotopic (exact) mass is 214 g/mol. The summed E-state index contributed by atoms with van der Waals surface area (Å²) in [5.41, 5.74) is 9.01. The van der Waals surface area contributed by atoms with Gasteiger partial charge in [0.1, 0.15) is 0 Å². The molecule has 3 heteroatoms. The van der Waals surface area contributed by atoms with E-state index in [-0.39, 0.29) is 11.2 Å². The van der Waals surface area contributed by atoms with Gasteiger partial charge in [-0.15, -0.1) is 0 Å². The average molecular weight is 214 g/mol. The van der Waals surface area contributed by atoms with Crippen LogP contribution in [-0.2, 0) is 7.05 Å². The number of pyridine rings is 1. The summed E-state index contributed by atoms with van der Waals surface area (Å²) in [6.07, 6.45) is 1.80. The Morgan fingerprint density at radius 2 is 1.75 bits per heavy atom. The zero-order valence-electron chi connectivity index (χ0n) is 9.40. The van der Waals surface area contributed by atoms with Crippen LogP contribution < -0.4 is 11.3 Å². The van der Waals surface area contributed by atoms with Crippen LogP contribution in [0.2, 0.25) is 0 Å². The van der Waals surface area contributed by atoms with Gasteiger partial charge < -0.3 is 10.3 Å². The van der Waals surface area contributed by atoms with Gasteiger partial charge in [-0.1, -0.05) is 29.8 Å². The highest BCUT2D eigenvalue weighted by Crippen LogP contribution is 2.19. The number of anilines is 1. The van der Waals surface area contributed by atoms with Crippen molar-refractivity contribution >= 4 is 5.69 Å². The molecule has 0 aliphatic rings. The minimum Gasteiger partial charge on any atom is -0.394 e. The molecule has 0 saturated heterocycles. The summed E-state index contributed by atoms with van der Waals surface area (Å²) < 4.78 is 1.50. The lowest BCUT2D eigenvalue weighted by molar-refractivity contribution is 0.866. The van der Waals surface area contributed by atoms with Gasteiger partial charge in [0.05, 0.1) is 5.69 Å². The van der Waals surface area contributed by atoms with E-state index in [1.54, 1.807) is 19.3 Å². The second-order valence-electron chi connectivity index (χ2n) is 3.97. The lowest BCUT2D eigenvalue weighted by atomic mass is 10.1. The van der Waals surface area contributed by atoms with Crippen molar-refractivity contribution in [1.82, 2.24) is 4.57 Å². The molecule has 1 aromatic carbocycles. The molecule has 0 amide bonds. The van der Waals surface area contributed by atoms with Gasteiger partial charge in [-0.25, -0.2) is 0 Å². The average Bonchev–Trinajstić information content (AvgIpc) is 2.26. The van der Waals surface area contributed by atoms with Crippen LogP contribution in [0.15, 0.2) is 41.3 Å². The first kappa shape index (κ1) is 10.5. The molecule has 0 radical (unpaired) electrons. The number of hydrogen-bond acceptors (Lipinski definition) is 2. The Kier molecular flexibility index (Phi) is 2.52. The first-order valence-corrected chi connectivity index (χ1v) is 5.11. The highest BCUT2D eigenvalue weighted by Gasteiger charge is 2.02. The summed E-state index contributed by atoms with van der Waals surface area (Å²) in [5.74, 6) is 0. The molecule has 82 valence electrons. The van der Waals surface area contributed by atoms with Crippen LogP contribution in [0.4, 0.5) is 5.69 Å². The van der Waals surface area contributed by atoms with Gasteiger partial charge in [-0.2, -0.15) is 0 Å². The molecule has 1 aromatic heterocycles. The Balaban J connectivity index is 2.57. The van der Waals surface area contributed by atoms with Crippen LogP contribution in [0.1, 0.15) is 5.56 Å². The molecule has 0 saturated carbocycles. The van der Waals surface area contributed by atoms with Crippen LogP contribution in [-0.4, -0.2) is 4.57 Å². The topological polar surface area (TPSA) is 48.0 Å². The molecular formula is C13H14N2O. The number of aromatic nitrogens is 1. The number of nitrogen functional groups attached to an aromatic ring is 1. The molecule has 0 atom stereocenters. The molecule has 0 aliphatic carbocycles. The molecule has 1 heterocycles. The van der Waals surface area contributed by atoms with E-state index in [2.05, 4.69) is 0 Å². The second-order valence-corrected chi connectivity index (χ2v) is 3.97. The molecule has 3 nitrogen and oxygen atoms in total. The van der Waals surface area contributed by atoms with Crippen molar-refractivity contribution in [2.75, 3.05) is 5.73 Å². The van der Waals surface area contributed by atoms with Crippen LogP contribution in [0, 0.1) is 6.92 Å². The van der Waals surface area contributed by atoms with Gasteiger partial charge in [0.25, 0.3) is 5.56 Å². The third-order valence-corrected chi connectivity index (χ3v) is 2.60. The van der Waals surface area contributed by atoms with Crippen LogP contribution in [0.3, 0.4) is 0 Å². The predicted octanol–water partition coefficient (Wildman–Crippen LogP) is 1.94. The first-order valence-electron chi connectivity index (χ1n) is 5.11. The lowest BCUT2D eigenvalue weighted by Crippen LogP contribution is -2.19. The van der Waals surface area contributed by atoms with Gasteiger partial charge in [-0.05, 0) is 18.6 Å². The first-order chi connectivity index (χ1) is 7.58. The number of hydrogen-bond donors (Lipinski definition) is 1. The number of nitrogens with two attached hydrogens (primary N) is 1. The van der Waals surface area contributed by atoms with Crippen molar-refractivity contribution in [2.45, 2.75) is 6.92 Å². The Hall–Kier alpha value is -2.03. The smallest absolute Gasteiger partial charge is 0.273 e. The highest BCUT2D eigenvalue weighted by molar-refractivity contribution is 5.66. The molecule has 0 bridgehead atoms. The Labute approximate surface area is 94.1 Å². The fourth-order valence-electron chi connectivity index (χ4n) is 1.64. The van der Waals surface area contributed by atoms with Gasteiger partial charge >= 0.3 is 0 Å². The quantitative estimate of drug-likeness (QED) is 0.788. The fourth-order valence-corrected chi connectivity index (χ4v) is 1.64. The van der Waals surface area contributed by atoms with E-state index in [9.17, 15) is 4.79 Å². The maximum atomic E-state index is 11.4. The van der Waals surface area contributed by atoms with Gasteiger partial charge in [0.2, 0.25) is 0 Å². The summed E-state index contributed by atoms with van der Waals surface area (Å²) >= 11 is 0. The largest absolute Gasteiger partial charge is 0.394 e. The molecule has 0 fully saturated rings. The maximum Gasteiger partial charge on any atom is 0.273 e. The van der Waals surface area contributed by atoms with Crippen LogP contribution >= 0.6 is 0 Å². The van der Waals surface area contributed by atoms with Crippen molar-refractivity contribution in [3.63, 3.8) is 0 Å². The normalized spacial score (nSPS) is 10.4. The van der Waals surface area contributed by atoms with Crippen molar-refractivity contribution in [3.8, 4) is 11.1 Å². The van der Waals surface area contributed by atoms with E-state index in [1.807, 2.05) is 31.2 Å². The van der Waals surface area contributed by atoms with Gasteiger partial charge in [0, 0.05) is 18.8 Å². The van der Waals surface area contributed by atoms with Gasteiger partial charge in [0.15, 0.2) is 0 Å². The van der Waals surface area contributed by atoms with E-state index in [4.69, 9.17) is 5.73 Å².